The Hall–Kier alpha value is -2.99. The van der Waals surface area contributed by atoms with Gasteiger partial charge in [-0.25, -0.2) is 4.79 Å². The minimum absolute atomic E-state index is 0.0813. The molecule has 4 rings (SSSR count). The van der Waals surface area contributed by atoms with Crippen molar-refractivity contribution in [2.75, 3.05) is 23.3 Å². The quantitative estimate of drug-likeness (QED) is 0.460. The number of hydrogen-bond donors (Lipinski definition) is 2. The van der Waals surface area contributed by atoms with Gasteiger partial charge in [-0.15, -0.1) is 0 Å². The number of halogens is 1. The molecule has 1 aliphatic rings. The van der Waals surface area contributed by atoms with Crippen molar-refractivity contribution in [3.05, 3.63) is 68.3 Å². The zero-order valence-electron chi connectivity index (χ0n) is 19.4. The van der Waals surface area contributed by atoms with Crippen molar-refractivity contribution in [1.82, 2.24) is 0 Å². The first-order valence-corrected chi connectivity index (χ1v) is 11.5. The molecule has 0 spiro atoms. The highest BCUT2D eigenvalue weighted by atomic mass is 35.5. The molecule has 7 heteroatoms. The fourth-order valence-electron chi connectivity index (χ4n) is 4.37. The molecule has 2 N–H and O–H groups in total. The molecule has 0 aliphatic carbocycles. The van der Waals surface area contributed by atoms with E-state index in [2.05, 4.69) is 24.1 Å². The average Bonchev–Trinajstić information content (AvgIpc) is 2.73. The van der Waals surface area contributed by atoms with Crippen LogP contribution in [0.5, 0.6) is 0 Å². The number of hydrogen-bond acceptors (Lipinski definition) is 5. The molecule has 0 saturated carbocycles. The lowest BCUT2D eigenvalue weighted by Crippen LogP contribution is -2.37. The maximum Gasteiger partial charge on any atom is 0.337 e. The number of nitrogens with one attached hydrogen (secondary N) is 1. The van der Waals surface area contributed by atoms with Crippen LogP contribution >= 0.6 is 11.6 Å². The number of anilines is 2. The first kappa shape index (κ1) is 23.2. The number of fused-ring (bicyclic) bond motifs is 1. The SMILES string of the molecule is Cc1cc(C(C)Nc2cc(Cl)ccc2C(=O)O)c2oc(N3CCC(C)(C)CC3)cc(=O)c2c1. The highest BCUT2D eigenvalue weighted by Gasteiger charge is 2.27. The van der Waals surface area contributed by atoms with Crippen LogP contribution in [0.2, 0.25) is 5.02 Å². The van der Waals surface area contributed by atoms with Gasteiger partial charge in [0.15, 0.2) is 11.3 Å². The van der Waals surface area contributed by atoms with Crippen molar-refractivity contribution in [3.8, 4) is 0 Å². The van der Waals surface area contributed by atoms with Gasteiger partial charge in [0.25, 0.3) is 0 Å². The third-order valence-corrected chi connectivity index (χ3v) is 6.70. The van der Waals surface area contributed by atoms with Gasteiger partial charge in [0.05, 0.1) is 22.7 Å². The topological polar surface area (TPSA) is 82.8 Å². The number of carboxylic acids is 1. The molecule has 0 radical (unpaired) electrons. The molecular weight excluding hydrogens is 440 g/mol. The van der Waals surface area contributed by atoms with Crippen LogP contribution < -0.4 is 15.6 Å². The largest absolute Gasteiger partial charge is 0.478 e. The number of rotatable bonds is 5. The Morgan fingerprint density at radius 2 is 1.88 bits per heavy atom. The molecule has 1 unspecified atom stereocenters. The smallest absolute Gasteiger partial charge is 0.337 e. The molecule has 1 aliphatic heterocycles. The summed E-state index contributed by atoms with van der Waals surface area (Å²) in [6, 6.07) is 9.68. The molecule has 0 bridgehead atoms. The number of nitrogens with zero attached hydrogens (tertiary/aromatic N) is 1. The van der Waals surface area contributed by atoms with E-state index in [1.54, 1.807) is 18.2 Å². The zero-order valence-corrected chi connectivity index (χ0v) is 20.1. The zero-order chi connectivity index (χ0) is 23.9. The average molecular weight is 469 g/mol. The monoisotopic (exact) mass is 468 g/mol. The third kappa shape index (κ3) is 4.86. The van der Waals surface area contributed by atoms with Crippen LogP contribution in [0.25, 0.3) is 11.0 Å². The van der Waals surface area contributed by atoms with Crippen molar-refractivity contribution in [1.29, 1.82) is 0 Å². The standard InChI is InChI=1S/C26H29ClN2O4/c1-15-11-19(16(2)28-21-13-17(27)5-6-18(21)25(31)32)24-20(12-15)22(30)14-23(33-24)29-9-7-26(3,4)8-10-29/h5-6,11-14,16,28H,7-10H2,1-4H3,(H,31,32). The van der Waals surface area contributed by atoms with E-state index < -0.39 is 5.97 Å². The van der Waals surface area contributed by atoms with Crippen molar-refractivity contribution in [2.24, 2.45) is 5.41 Å². The van der Waals surface area contributed by atoms with E-state index in [9.17, 15) is 14.7 Å². The summed E-state index contributed by atoms with van der Waals surface area (Å²) in [7, 11) is 0. The molecule has 2 aromatic carbocycles. The summed E-state index contributed by atoms with van der Waals surface area (Å²) in [4.78, 5) is 26.9. The molecule has 174 valence electrons. The van der Waals surface area contributed by atoms with Crippen LogP contribution in [-0.4, -0.2) is 24.2 Å². The Balaban J connectivity index is 1.76. The van der Waals surface area contributed by atoms with Gasteiger partial charge in [-0.05, 0) is 61.9 Å². The summed E-state index contributed by atoms with van der Waals surface area (Å²) in [5, 5.41) is 13.8. The van der Waals surface area contributed by atoms with Gasteiger partial charge >= 0.3 is 5.97 Å². The van der Waals surface area contributed by atoms with Gasteiger partial charge in [0.2, 0.25) is 0 Å². The van der Waals surface area contributed by atoms with Crippen LogP contribution in [-0.2, 0) is 0 Å². The lowest BCUT2D eigenvalue weighted by molar-refractivity contribution is 0.0698. The first-order valence-electron chi connectivity index (χ1n) is 11.2. The molecular formula is C26H29ClN2O4. The molecule has 2 heterocycles. The van der Waals surface area contributed by atoms with Crippen molar-refractivity contribution in [3.63, 3.8) is 0 Å². The van der Waals surface area contributed by atoms with E-state index in [0.717, 1.165) is 37.1 Å². The molecule has 33 heavy (non-hydrogen) atoms. The van der Waals surface area contributed by atoms with Gasteiger partial charge in [-0.3, -0.25) is 4.79 Å². The van der Waals surface area contributed by atoms with Crippen molar-refractivity contribution in [2.45, 2.75) is 46.6 Å². The minimum atomic E-state index is -1.04. The lowest BCUT2D eigenvalue weighted by atomic mass is 9.83. The Labute approximate surface area is 198 Å². The minimum Gasteiger partial charge on any atom is -0.478 e. The summed E-state index contributed by atoms with van der Waals surface area (Å²) in [5.74, 6) is -0.466. The van der Waals surface area contributed by atoms with E-state index >= 15 is 0 Å². The van der Waals surface area contributed by atoms with Gasteiger partial charge in [-0.1, -0.05) is 31.5 Å². The summed E-state index contributed by atoms with van der Waals surface area (Å²) < 4.78 is 6.34. The molecule has 6 nitrogen and oxygen atoms in total. The van der Waals surface area contributed by atoms with Crippen LogP contribution in [0.4, 0.5) is 11.6 Å². The highest BCUT2D eigenvalue weighted by Crippen LogP contribution is 2.35. The van der Waals surface area contributed by atoms with Crippen molar-refractivity contribution >= 4 is 40.1 Å². The van der Waals surface area contributed by atoms with E-state index in [1.807, 2.05) is 26.0 Å². The van der Waals surface area contributed by atoms with E-state index in [1.165, 1.54) is 6.07 Å². The molecule has 1 atom stereocenters. The summed E-state index contributed by atoms with van der Waals surface area (Å²) in [6.07, 6.45) is 2.06. The molecule has 1 aromatic heterocycles. The number of carbonyl (C=O) groups is 1. The predicted octanol–water partition coefficient (Wildman–Crippen LogP) is 6.25. The van der Waals surface area contributed by atoms with Gasteiger partial charge in [-0.2, -0.15) is 0 Å². The molecule has 1 fully saturated rings. The van der Waals surface area contributed by atoms with Crippen LogP contribution in [0.1, 0.15) is 61.1 Å². The summed E-state index contributed by atoms with van der Waals surface area (Å²) >= 11 is 6.12. The lowest BCUT2D eigenvalue weighted by Gasteiger charge is -2.37. The number of aromatic carboxylic acids is 1. The van der Waals surface area contributed by atoms with Gasteiger partial charge in [0.1, 0.15) is 5.58 Å². The third-order valence-electron chi connectivity index (χ3n) is 6.47. The maximum atomic E-state index is 13.0. The second-order valence-electron chi connectivity index (χ2n) is 9.69. The van der Waals surface area contributed by atoms with Crippen LogP contribution in [0.15, 0.2) is 45.6 Å². The van der Waals surface area contributed by atoms with Crippen LogP contribution in [0.3, 0.4) is 0 Å². The Morgan fingerprint density at radius 1 is 1.18 bits per heavy atom. The molecule has 1 saturated heterocycles. The van der Waals surface area contributed by atoms with Gasteiger partial charge < -0.3 is 19.7 Å². The Morgan fingerprint density at radius 3 is 2.55 bits per heavy atom. The van der Waals surface area contributed by atoms with E-state index in [-0.39, 0.29) is 22.4 Å². The number of piperidine rings is 1. The highest BCUT2D eigenvalue weighted by molar-refractivity contribution is 6.31. The molecule has 0 amide bonds. The number of benzene rings is 2. The summed E-state index contributed by atoms with van der Waals surface area (Å²) in [5.41, 5.74) is 2.98. The molecule has 3 aromatic rings. The first-order chi connectivity index (χ1) is 15.5. The predicted molar refractivity (Wildman–Crippen MR) is 133 cm³/mol. The number of carboxylic acid groups (broad SMARTS) is 1. The summed E-state index contributed by atoms with van der Waals surface area (Å²) in [6.45, 7) is 10.0. The Bertz CT molecular complexity index is 1270. The normalized spacial score (nSPS) is 16.6. The van der Waals surface area contributed by atoms with E-state index in [0.29, 0.717) is 27.6 Å². The fourth-order valence-corrected chi connectivity index (χ4v) is 4.54. The fraction of sp³-hybridized carbons (Fsp3) is 0.385. The number of aryl methyl sites for hydroxylation is 1. The second kappa shape index (κ2) is 8.75. The van der Waals surface area contributed by atoms with E-state index in [4.69, 9.17) is 16.0 Å². The van der Waals surface area contributed by atoms with Gasteiger partial charge in [0, 0.05) is 29.7 Å². The van der Waals surface area contributed by atoms with Crippen molar-refractivity contribution < 1.29 is 14.3 Å². The maximum absolute atomic E-state index is 13.0. The second-order valence-corrected chi connectivity index (χ2v) is 10.1. The van der Waals surface area contributed by atoms with Crippen LogP contribution in [0, 0.1) is 12.3 Å². The Kier molecular flexibility index (Phi) is 6.14.